The first-order valence-corrected chi connectivity index (χ1v) is 7.94. The minimum atomic E-state index is -4.52. The second-order valence-corrected chi connectivity index (χ2v) is 5.91. The van der Waals surface area contributed by atoms with Gasteiger partial charge in [0.05, 0.1) is 5.56 Å². The Bertz CT molecular complexity index is 1090. The fourth-order valence-electron chi connectivity index (χ4n) is 2.76. The second kappa shape index (κ2) is 7.00. The van der Waals surface area contributed by atoms with Crippen LogP contribution in [0.4, 0.5) is 18.9 Å². The van der Waals surface area contributed by atoms with Crippen molar-refractivity contribution in [2.24, 2.45) is 7.05 Å². The summed E-state index contributed by atoms with van der Waals surface area (Å²) in [6.45, 7) is 0. The van der Waals surface area contributed by atoms with Crippen LogP contribution in [0.2, 0.25) is 0 Å². The van der Waals surface area contributed by atoms with E-state index in [9.17, 15) is 23.2 Å². The third-order valence-corrected chi connectivity index (χ3v) is 4.04. The molecule has 1 N–H and O–H groups in total. The van der Waals surface area contributed by atoms with Crippen molar-refractivity contribution in [3.8, 4) is 6.07 Å². The molecular formula is C20H14F3N3O. The van der Waals surface area contributed by atoms with Gasteiger partial charge in [-0.3, -0.25) is 4.79 Å². The molecule has 7 heteroatoms. The highest BCUT2D eigenvalue weighted by molar-refractivity contribution is 6.10. The highest BCUT2D eigenvalue weighted by Gasteiger charge is 2.30. The number of alkyl halides is 3. The number of fused-ring (bicyclic) bond motifs is 1. The van der Waals surface area contributed by atoms with E-state index in [1.54, 1.807) is 12.3 Å². The van der Waals surface area contributed by atoms with Crippen molar-refractivity contribution in [3.05, 3.63) is 71.4 Å². The zero-order valence-electron chi connectivity index (χ0n) is 14.2. The quantitative estimate of drug-likeness (QED) is 0.535. The largest absolute Gasteiger partial charge is 0.416 e. The molecule has 0 saturated heterocycles. The van der Waals surface area contributed by atoms with Crippen molar-refractivity contribution in [1.82, 2.24) is 4.57 Å². The van der Waals surface area contributed by atoms with Gasteiger partial charge in [0, 0.05) is 35.4 Å². The number of para-hydroxylation sites is 1. The van der Waals surface area contributed by atoms with Crippen molar-refractivity contribution in [1.29, 1.82) is 5.26 Å². The molecule has 1 amide bonds. The van der Waals surface area contributed by atoms with Crippen LogP contribution in [0.3, 0.4) is 0 Å². The molecule has 0 aliphatic carbocycles. The van der Waals surface area contributed by atoms with Crippen molar-refractivity contribution in [2.45, 2.75) is 6.18 Å². The molecule has 0 fully saturated rings. The van der Waals surface area contributed by atoms with Gasteiger partial charge in [-0.05, 0) is 30.3 Å². The zero-order chi connectivity index (χ0) is 19.6. The van der Waals surface area contributed by atoms with Gasteiger partial charge in [-0.25, -0.2) is 0 Å². The zero-order valence-corrected chi connectivity index (χ0v) is 14.2. The number of nitrogens with one attached hydrogen (secondary N) is 1. The third-order valence-electron chi connectivity index (χ3n) is 4.04. The van der Waals surface area contributed by atoms with Gasteiger partial charge < -0.3 is 9.88 Å². The average Bonchev–Trinajstić information content (AvgIpc) is 2.95. The normalized spacial score (nSPS) is 12.0. The second-order valence-electron chi connectivity index (χ2n) is 5.91. The number of aryl methyl sites for hydroxylation is 1. The Labute approximate surface area is 153 Å². The summed E-state index contributed by atoms with van der Waals surface area (Å²) in [5.41, 5.74) is 0.484. The van der Waals surface area contributed by atoms with Gasteiger partial charge in [0.25, 0.3) is 5.91 Å². The SMILES string of the molecule is Cn1cc(/C=C(/C#N)C(=O)Nc2cccc(C(F)(F)F)c2)c2ccccc21. The molecule has 1 aromatic heterocycles. The first-order valence-electron chi connectivity index (χ1n) is 7.94. The maximum atomic E-state index is 12.8. The molecule has 0 atom stereocenters. The Hall–Kier alpha value is -3.53. The van der Waals surface area contributed by atoms with Crippen LogP contribution in [0.1, 0.15) is 11.1 Å². The number of hydrogen-bond acceptors (Lipinski definition) is 2. The maximum Gasteiger partial charge on any atom is 0.416 e. The van der Waals surface area contributed by atoms with Crippen LogP contribution in [0, 0.1) is 11.3 Å². The first kappa shape index (κ1) is 18.3. The van der Waals surface area contributed by atoms with E-state index < -0.39 is 17.6 Å². The molecule has 3 aromatic rings. The molecule has 1 heterocycles. The summed E-state index contributed by atoms with van der Waals surface area (Å²) in [5.74, 6) is -0.773. The highest BCUT2D eigenvalue weighted by Crippen LogP contribution is 2.30. The molecule has 3 rings (SSSR count). The number of rotatable bonds is 3. The fourth-order valence-corrected chi connectivity index (χ4v) is 2.76. The van der Waals surface area contributed by atoms with E-state index in [1.807, 2.05) is 35.9 Å². The lowest BCUT2D eigenvalue weighted by Crippen LogP contribution is -2.14. The molecule has 0 aliphatic rings. The molecule has 0 bridgehead atoms. The summed E-state index contributed by atoms with van der Waals surface area (Å²) >= 11 is 0. The molecule has 27 heavy (non-hydrogen) atoms. The number of carbonyl (C=O) groups is 1. The highest BCUT2D eigenvalue weighted by atomic mass is 19.4. The standard InChI is InChI=1S/C20H14F3N3O/c1-26-12-14(17-7-2-3-8-18(17)26)9-13(11-24)19(27)25-16-6-4-5-15(10-16)20(21,22)23/h2-10,12H,1H3,(H,25,27)/b13-9-. The number of anilines is 1. The number of halogens is 3. The van der Waals surface area contributed by atoms with Crippen molar-refractivity contribution in [2.75, 3.05) is 5.32 Å². The number of carbonyl (C=O) groups excluding carboxylic acids is 1. The van der Waals surface area contributed by atoms with Gasteiger partial charge in [0.2, 0.25) is 0 Å². The van der Waals surface area contributed by atoms with Crippen LogP contribution in [0.25, 0.3) is 17.0 Å². The molecule has 0 unspecified atom stereocenters. The molecule has 0 saturated carbocycles. The third kappa shape index (κ3) is 3.85. The van der Waals surface area contributed by atoms with Gasteiger partial charge in [-0.2, -0.15) is 18.4 Å². The van der Waals surface area contributed by atoms with Crippen molar-refractivity contribution < 1.29 is 18.0 Å². The maximum absolute atomic E-state index is 12.8. The smallest absolute Gasteiger partial charge is 0.350 e. The number of aromatic nitrogens is 1. The van der Waals surface area contributed by atoms with E-state index >= 15 is 0 Å². The summed E-state index contributed by atoms with van der Waals surface area (Å²) in [6.07, 6.45) is -1.32. The lowest BCUT2D eigenvalue weighted by Gasteiger charge is -2.09. The number of nitriles is 1. The predicted octanol–water partition coefficient (Wildman–Crippen LogP) is 4.74. The van der Waals surface area contributed by atoms with Gasteiger partial charge in [0.15, 0.2) is 0 Å². The van der Waals surface area contributed by atoms with Crippen LogP contribution in [0.15, 0.2) is 60.3 Å². The Morgan fingerprint density at radius 3 is 2.63 bits per heavy atom. The number of benzene rings is 2. The minimum absolute atomic E-state index is 0.0334. The van der Waals surface area contributed by atoms with Crippen LogP contribution < -0.4 is 5.32 Å². The summed E-state index contributed by atoms with van der Waals surface area (Å²) in [5, 5.41) is 12.5. The van der Waals surface area contributed by atoms with Crippen LogP contribution >= 0.6 is 0 Å². The number of hydrogen-bond donors (Lipinski definition) is 1. The summed E-state index contributed by atoms with van der Waals surface area (Å²) in [4.78, 5) is 12.4. The number of amides is 1. The summed E-state index contributed by atoms with van der Waals surface area (Å²) < 4.78 is 40.2. The molecule has 0 aliphatic heterocycles. The Morgan fingerprint density at radius 1 is 1.19 bits per heavy atom. The van der Waals surface area contributed by atoms with Crippen molar-refractivity contribution >= 4 is 28.6 Å². The van der Waals surface area contributed by atoms with E-state index in [0.29, 0.717) is 5.56 Å². The van der Waals surface area contributed by atoms with Crippen molar-refractivity contribution in [3.63, 3.8) is 0 Å². The monoisotopic (exact) mass is 369 g/mol. The molecule has 0 spiro atoms. The average molecular weight is 369 g/mol. The topological polar surface area (TPSA) is 57.8 Å². The Kier molecular flexibility index (Phi) is 4.74. The van der Waals surface area contributed by atoms with Crippen LogP contribution in [-0.4, -0.2) is 10.5 Å². The van der Waals surface area contributed by atoms with E-state index in [0.717, 1.165) is 23.0 Å². The summed E-state index contributed by atoms with van der Waals surface area (Å²) in [7, 11) is 1.84. The van der Waals surface area contributed by atoms with Gasteiger partial charge in [0.1, 0.15) is 11.6 Å². The fraction of sp³-hybridized carbons (Fsp3) is 0.100. The molecule has 2 aromatic carbocycles. The molecule has 0 radical (unpaired) electrons. The lowest BCUT2D eigenvalue weighted by atomic mass is 10.1. The number of nitrogens with zero attached hydrogens (tertiary/aromatic N) is 2. The minimum Gasteiger partial charge on any atom is -0.350 e. The Morgan fingerprint density at radius 2 is 1.93 bits per heavy atom. The summed E-state index contributed by atoms with van der Waals surface area (Å²) in [6, 6.07) is 13.6. The van der Waals surface area contributed by atoms with Crippen LogP contribution in [0.5, 0.6) is 0 Å². The molecule has 136 valence electrons. The van der Waals surface area contributed by atoms with E-state index in [1.165, 1.54) is 18.2 Å². The Balaban J connectivity index is 1.91. The first-order chi connectivity index (χ1) is 12.8. The van der Waals surface area contributed by atoms with Crippen LogP contribution in [-0.2, 0) is 18.0 Å². The van der Waals surface area contributed by atoms with Gasteiger partial charge >= 0.3 is 6.18 Å². The van der Waals surface area contributed by atoms with E-state index in [2.05, 4.69) is 5.32 Å². The van der Waals surface area contributed by atoms with E-state index in [4.69, 9.17) is 0 Å². The van der Waals surface area contributed by atoms with Gasteiger partial charge in [-0.1, -0.05) is 24.3 Å². The predicted molar refractivity (Wildman–Crippen MR) is 96.6 cm³/mol. The lowest BCUT2D eigenvalue weighted by molar-refractivity contribution is -0.137. The molecular weight excluding hydrogens is 355 g/mol. The van der Waals surface area contributed by atoms with E-state index in [-0.39, 0.29) is 11.3 Å². The van der Waals surface area contributed by atoms with Gasteiger partial charge in [-0.15, -0.1) is 0 Å². The molecule has 4 nitrogen and oxygen atoms in total.